The van der Waals surface area contributed by atoms with Gasteiger partial charge in [-0.1, -0.05) is 28.1 Å². The Morgan fingerprint density at radius 3 is 2.32 bits per heavy atom. The van der Waals surface area contributed by atoms with Crippen LogP contribution in [0.2, 0.25) is 0 Å². The van der Waals surface area contributed by atoms with Gasteiger partial charge in [-0.2, -0.15) is 0 Å². The smallest absolute Gasteiger partial charge is 0.305 e. The van der Waals surface area contributed by atoms with Gasteiger partial charge in [-0.05, 0) is 67.0 Å². The first-order valence-electron chi connectivity index (χ1n) is 7.58. The van der Waals surface area contributed by atoms with Crippen LogP contribution >= 0.6 is 28.1 Å². The number of carboxylic acids is 1. The van der Waals surface area contributed by atoms with Crippen molar-refractivity contribution in [2.45, 2.75) is 26.3 Å². The minimum atomic E-state index is -0.972. The predicted octanol–water partition coefficient (Wildman–Crippen LogP) is 4.71. The highest BCUT2D eigenvalue weighted by atomic mass is 79.9. The van der Waals surface area contributed by atoms with E-state index in [1.54, 1.807) is 12.1 Å². The lowest BCUT2D eigenvalue weighted by Crippen LogP contribution is -2.34. The molecule has 0 heterocycles. The van der Waals surface area contributed by atoms with Crippen molar-refractivity contribution in [3.05, 3.63) is 63.4 Å². The van der Waals surface area contributed by atoms with Crippen LogP contribution in [-0.4, -0.2) is 16.2 Å². The molecule has 2 aromatic carbocycles. The molecule has 1 unspecified atom stereocenters. The summed E-state index contributed by atoms with van der Waals surface area (Å²) in [6, 6.07) is 9.06. The highest BCUT2D eigenvalue weighted by Crippen LogP contribution is 2.25. The largest absolute Gasteiger partial charge is 0.481 e. The monoisotopic (exact) mass is 424 g/mol. The highest BCUT2D eigenvalue weighted by molar-refractivity contribution is 9.10. The summed E-state index contributed by atoms with van der Waals surface area (Å²) in [5.74, 6) is -1.35. The summed E-state index contributed by atoms with van der Waals surface area (Å²) in [6.45, 7) is 3.91. The molecule has 0 amide bonds. The topological polar surface area (TPSA) is 61.4 Å². The minimum Gasteiger partial charge on any atom is -0.481 e. The molecule has 0 aromatic heterocycles. The molecule has 0 fully saturated rings. The van der Waals surface area contributed by atoms with Gasteiger partial charge in [-0.15, -0.1) is 0 Å². The van der Waals surface area contributed by atoms with Crippen molar-refractivity contribution >= 4 is 44.9 Å². The van der Waals surface area contributed by atoms with E-state index in [9.17, 15) is 9.18 Å². The van der Waals surface area contributed by atoms with Crippen LogP contribution < -0.4 is 10.6 Å². The number of carbonyl (C=O) groups is 1. The highest BCUT2D eigenvalue weighted by Gasteiger charge is 2.17. The van der Waals surface area contributed by atoms with Crippen LogP contribution in [0.15, 0.2) is 40.9 Å². The maximum atomic E-state index is 13.1. The van der Waals surface area contributed by atoms with Gasteiger partial charge in [0.25, 0.3) is 0 Å². The first kappa shape index (κ1) is 19.3. The van der Waals surface area contributed by atoms with E-state index in [0.717, 1.165) is 21.3 Å². The number of halogens is 2. The molecule has 7 heteroatoms. The Bertz CT molecular complexity index is 773. The average Bonchev–Trinajstić information content (AvgIpc) is 2.50. The number of aryl methyl sites for hydroxylation is 2. The average molecular weight is 425 g/mol. The van der Waals surface area contributed by atoms with E-state index in [-0.39, 0.29) is 12.2 Å². The molecule has 0 aliphatic rings. The lowest BCUT2D eigenvalue weighted by atomic mass is 10.0. The van der Waals surface area contributed by atoms with E-state index in [1.165, 1.54) is 12.1 Å². The number of aliphatic carboxylic acids is 1. The predicted molar refractivity (Wildman–Crippen MR) is 104 cm³/mol. The van der Waals surface area contributed by atoms with Crippen molar-refractivity contribution in [2.75, 3.05) is 5.32 Å². The molecule has 0 bridgehead atoms. The minimum absolute atomic E-state index is 0.175. The Hall–Kier alpha value is -1.99. The molecule has 1 atom stereocenters. The summed E-state index contributed by atoms with van der Waals surface area (Å²) in [5, 5.41) is 15.6. The Labute approximate surface area is 159 Å². The van der Waals surface area contributed by atoms with Crippen LogP contribution in [0.3, 0.4) is 0 Å². The van der Waals surface area contributed by atoms with Crippen molar-refractivity contribution in [3.63, 3.8) is 0 Å². The molecule has 25 heavy (non-hydrogen) atoms. The SMILES string of the molecule is Cc1cc(Br)cc(C)c1NC(=S)NC(CC(=O)O)c1ccc(F)cc1. The lowest BCUT2D eigenvalue weighted by Gasteiger charge is -2.21. The van der Waals surface area contributed by atoms with Gasteiger partial charge in [-0.25, -0.2) is 4.39 Å². The maximum Gasteiger partial charge on any atom is 0.305 e. The molecule has 132 valence electrons. The van der Waals surface area contributed by atoms with Crippen LogP contribution in [0, 0.1) is 19.7 Å². The maximum absolute atomic E-state index is 13.1. The number of rotatable bonds is 5. The second-order valence-corrected chi connectivity index (χ2v) is 7.04. The second-order valence-electron chi connectivity index (χ2n) is 5.72. The van der Waals surface area contributed by atoms with Crippen molar-refractivity contribution in [1.29, 1.82) is 0 Å². The van der Waals surface area contributed by atoms with Crippen molar-refractivity contribution in [3.8, 4) is 0 Å². The summed E-state index contributed by atoms with van der Waals surface area (Å²) in [4.78, 5) is 11.2. The van der Waals surface area contributed by atoms with Crippen molar-refractivity contribution in [1.82, 2.24) is 5.32 Å². The van der Waals surface area contributed by atoms with Gasteiger partial charge < -0.3 is 15.7 Å². The van der Waals surface area contributed by atoms with Crippen LogP contribution in [0.5, 0.6) is 0 Å². The molecular weight excluding hydrogens is 407 g/mol. The van der Waals surface area contributed by atoms with E-state index >= 15 is 0 Å². The first-order valence-corrected chi connectivity index (χ1v) is 8.78. The van der Waals surface area contributed by atoms with Gasteiger partial charge >= 0.3 is 5.97 Å². The van der Waals surface area contributed by atoms with E-state index in [2.05, 4.69) is 26.6 Å². The zero-order chi connectivity index (χ0) is 18.6. The Morgan fingerprint density at radius 2 is 1.80 bits per heavy atom. The third-order valence-corrected chi connectivity index (χ3v) is 4.37. The van der Waals surface area contributed by atoms with Gasteiger partial charge in [0.2, 0.25) is 0 Å². The van der Waals surface area contributed by atoms with Crippen LogP contribution in [0.1, 0.15) is 29.2 Å². The molecular formula is C18H18BrFN2O2S. The van der Waals surface area contributed by atoms with Gasteiger partial charge in [0.15, 0.2) is 5.11 Å². The van der Waals surface area contributed by atoms with Crippen LogP contribution in [0.4, 0.5) is 10.1 Å². The van der Waals surface area contributed by atoms with Gasteiger partial charge in [0.1, 0.15) is 5.82 Å². The van der Waals surface area contributed by atoms with E-state index in [1.807, 2.05) is 26.0 Å². The van der Waals surface area contributed by atoms with Crippen molar-refractivity contribution < 1.29 is 14.3 Å². The summed E-state index contributed by atoms with van der Waals surface area (Å²) in [6.07, 6.45) is -0.175. The number of hydrogen-bond acceptors (Lipinski definition) is 2. The molecule has 0 spiro atoms. The zero-order valence-electron chi connectivity index (χ0n) is 13.8. The fourth-order valence-electron chi connectivity index (χ4n) is 2.54. The number of carboxylic acid groups (broad SMARTS) is 1. The molecule has 2 rings (SSSR count). The van der Waals surface area contributed by atoms with E-state index in [4.69, 9.17) is 17.3 Å². The van der Waals surface area contributed by atoms with E-state index in [0.29, 0.717) is 10.7 Å². The molecule has 3 N–H and O–H groups in total. The summed E-state index contributed by atoms with van der Waals surface area (Å²) in [7, 11) is 0. The number of benzene rings is 2. The molecule has 0 radical (unpaired) electrons. The molecule has 0 aliphatic carbocycles. The number of nitrogens with one attached hydrogen (secondary N) is 2. The van der Waals surface area contributed by atoms with Gasteiger partial charge in [-0.3, -0.25) is 4.79 Å². The van der Waals surface area contributed by atoms with Gasteiger partial charge in [0, 0.05) is 10.2 Å². The number of hydrogen-bond donors (Lipinski definition) is 3. The zero-order valence-corrected chi connectivity index (χ0v) is 16.2. The second kappa shape index (κ2) is 8.40. The molecule has 0 saturated heterocycles. The molecule has 0 saturated carbocycles. The van der Waals surface area contributed by atoms with Crippen LogP contribution in [0.25, 0.3) is 0 Å². The number of anilines is 1. The van der Waals surface area contributed by atoms with Crippen LogP contribution in [-0.2, 0) is 4.79 Å². The van der Waals surface area contributed by atoms with Gasteiger partial charge in [0.05, 0.1) is 12.5 Å². The normalized spacial score (nSPS) is 11.7. The molecule has 2 aromatic rings. The summed E-state index contributed by atoms with van der Waals surface area (Å²) >= 11 is 8.79. The number of thiocarbonyl (C=S) groups is 1. The fraction of sp³-hybridized carbons (Fsp3) is 0.222. The summed E-state index contributed by atoms with van der Waals surface area (Å²) < 4.78 is 14.1. The standard InChI is InChI=1S/C18H18BrFN2O2S/c1-10-7-13(19)8-11(2)17(10)22-18(25)21-15(9-16(23)24)12-3-5-14(20)6-4-12/h3-8,15H,9H2,1-2H3,(H,23,24)(H2,21,22,25). The molecule has 0 aliphatic heterocycles. The molecule has 4 nitrogen and oxygen atoms in total. The quantitative estimate of drug-likeness (QED) is 0.606. The first-order chi connectivity index (χ1) is 11.8. The van der Waals surface area contributed by atoms with E-state index < -0.39 is 12.0 Å². The Kier molecular flexibility index (Phi) is 6.50. The lowest BCUT2D eigenvalue weighted by molar-refractivity contribution is -0.137. The van der Waals surface area contributed by atoms with Crippen molar-refractivity contribution in [2.24, 2.45) is 0 Å². The Morgan fingerprint density at radius 1 is 1.24 bits per heavy atom. The third kappa shape index (κ3) is 5.51. The third-order valence-electron chi connectivity index (χ3n) is 3.69. The Balaban J connectivity index is 2.17. The summed E-state index contributed by atoms with van der Waals surface area (Å²) in [5.41, 5.74) is 3.53. The fourth-order valence-corrected chi connectivity index (χ4v) is 3.47.